The fourth-order valence-electron chi connectivity index (χ4n) is 3.94. The molecule has 0 unspecified atom stereocenters. The zero-order valence-electron chi connectivity index (χ0n) is 17.1. The van der Waals surface area contributed by atoms with Crippen LogP contribution >= 0.6 is 11.8 Å². The van der Waals surface area contributed by atoms with Gasteiger partial charge in [0, 0.05) is 31.1 Å². The van der Waals surface area contributed by atoms with Crippen molar-refractivity contribution in [1.29, 1.82) is 0 Å². The lowest BCUT2D eigenvalue weighted by Gasteiger charge is -2.35. The second kappa shape index (κ2) is 8.90. The second-order valence-corrected chi connectivity index (χ2v) is 8.74. The first-order valence-corrected chi connectivity index (χ1v) is 10.9. The highest BCUT2D eigenvalue weighted by Crippen LogP contribution is 2.30. The molecule has 1 aliphatic heterocycles. The Balaban J connectivity index is 1.58. The molecule has 0 N–H and O–H groups in total. The monoisotopic (exact) mass is 413 g/mol. The van der Waals surface area contributed by atoms with E-state index < -0.39 is 0 Å². The average Bonchev–Trinajstić information content (AvgIpc) is 3.36. The van der Waals surface area contributed by atoms with Crippen molar-refractivity contribution in [3.05, 3.63) is 48.0 Å². The van der Waals surface area contributed by atoms with Crippen LogP contribution in [0.15, 0.2) is 46.3 Å². The molecule has 1 aliphatic rings. The molecule has 0 spiro atoms. The normalized spacial score (nSPS) is 19.5. The van der Waals surface area contributed by atoms with E-state index in [2.05, 4.69) is 38.5 Å². The Morgan fingerprint density at radius 3 is 2.76 bits per heavy atom. The molecule has 3 aromatic heterocycles. The van der Waals surface area contributed by atoms with Gasteiger partial charge in [0.15, 0.2) is 5.16 Å². The molecule has 0 radical (unpaired) electrons. The smallest absolute Gasteiger partial charge is 0.228 e. The number of ether oxygens (including phenoxy) is 1. The number of thioether (sulfide) groups is 1. The largest absolute Gasteiger partial charge is 0.481 e. The molecule has 3 aromatic rings. The van der Waals surface area contributed by atoms with E-state index in [1.54, 1.807) is 31.3 Å². The maximum atomic E-state index is 5.61. The number of hydrogen-bond acceptors (Lipinski definition) is 7. The van der Waals surface area contributed by atoms with Gasteiger partial charge in [0.25, 0.3) is 0 Å². The quantitative estimate of drug-likeness (QED) is 0.540. The number of anilines is 1. The molecule has 0 aliphatic carbocycles. The minimum Gasteiger partial charge on any atom is -0.481 e. The van der Waals surface area contributed by atoms with Gasteiger partial charge in [0.05, 0.1) is 19.9 Å². The first-order chi connectivity index (χ1) is 14.1. The second-order valence-electron chi connectivity index (χ2n) is 7.79. The molecular formula is C21H27N5O2S. The summed E-state index contributed by atoms with van der Waals surface area (Å²) in [6.07, 6.45) is 4.74. The predicted molar refractivity (Wildman–Crippen MR) is 113 cm³/mol. The van der Waals surface area contributed by atoms with E-state index in [1.807, 2.05) is 24.3 Å². The van der Waals surface area contributed by atoms with Crippen LogP contribution in [0, 0.1) is 11.8 Å². The number of nitrogens with zero attached hydrogens (tertiary/aromatic N) is 5. The molecule has 2 atom stereocenters. The molecule has 8 heteroatoms. The van der Waals surface area contributed by atoms with E-state index in [0.29, 0.717) is 24.3 Å². The Hall–Kier alpha value is -2.48. The molecule has 0 saturated carbocycles. The van der Waals surface area contributed by atoms with Crippen LogP contribution in [0.1, 0.15) is 31.6 Å². The zero-order chi connectivity index (χ0) is 20.2. The topological polar surface area (TPSA) is 69.2 Å². The van der Waals surface area contributed by atoms with Crippen LogP contribution in [-0.2, 0) is 12.3 Å². The van der Waals surface area contributed by atoms with Crippen LogP contribution in [0.2, 0.25) is 0 Å². The minimum atomic E-state index is 0.622. The number of furan rings is 1. The highest BCUT2D eigenvalue weighted by atomic mass is 32.2. The maximum absolute atomic E-state index is 5.61. The van der Waals surface area contributed by atoms with Crippen molar-refractivity contribution in [2.75, 3.05) is 25.1 Å². The maximum Gasteiger partial charge on any atom is 0.228 e. The third-order valence-electron chi connectivity index (χ3n) is 5.12. The molecule has 0 amide bonds. The summed E-state index contributed by atoms with van der Waals surface area (Å²) in [5.41, 5.74) is 1.14. The molecule has 154 valence electrons. The average molecular weight is 414 g/mol. The lowest BCUT2D eigenvalue weighted by molar-refractivity contribution is 0.350. The predicted octanol–water partition coefficient (Wildman–Crippen LogP) is 4.10. The number of pyridine rings is 1. The Bertz CT molecular complexity index is 917. The van der Waals surface area contributed by atoms with Crippen molar-refractivity contribution in [2.45, 2.75) is 37.7 Å². The van der Waals surface area contributed by atoms with Gasteiger partial charge in [-0.25, -0.2) is 4.98 Å². The highest BCUT2D eigenvalue weighted by Gasteiger charge is 2.27. The lowest BCUT2D eigenvalue weighted by Crippen LogP contribution is -2.40. The first kappa shape index (κ1) is 19.8. The van der Waals surface area contributed by atoms with E-state index in [9.17, 15) is 0 Å². The summed E-state index contributed by atoms with van der Waals surface area (Å²) in [4.78, 5) is 6.55. The Kier molecular flexibility index (Phi) is 6.08. The third-order valence-corrected chi connectivity index (χ3v) is 6.16. The highest BCUT2D eigenvalue weighted by molar-refractivity contribution is 7.98. The van der Waals surface area contributed by atoms with Crippen molar-refractivity contribution in [3.63, 3.8) is 0 Å². The van der Waals surface area contributed by atoms with E-state index in [4.69, 9.17) is 9.15 Å². The number of rotatable bonds is 7. The molecule has 4 heterocycles. The standard InChI is InChI=1S/C21H27N5O2S/c1-15-9-16(2)12-25(11-15)20-23-24-21(26(20)13-18-5-4-8-28-18)29-14-17-6-7-22-19(10-17)27-3/h4-8,10,15-16H,9,11-14H2,1-3H3/t15-,16+. The van der Waals surface area contributed by atoms with Crippen LogP contribution in [0.3, 0.4) is 0 Å². The van der Waals surface area contributed by atoms with Gasteiger partial charge in [-0.2, -0.15) is 0 Å². The van der Waals surface area contributed by atoms with Gasteiger partial charge in [-0.15, -0.1) is 10.2 Å². The van der Waals surface area contributed by atoms with Crippen molar-refractivity contribution >= 4 is 17.7 Å². The molecule has 0 aromatic carbocycles. The molecule has 1 saturated heterocycles. The Morgan fingerprint density at radius 1 is 1.21 bits per heavy atom. The summed E-state index contributed by atoms with van der Waals surface area (Å²) in [7, 11) is 1.63. The van der Waals surface area contributed by atoms with Gasteiger partial charge in [-0.1, -0.05) is 25.6 Å². The van der Waals surface area contributed by atoms with Crippen molar-refractivity contribution in [2.24, 2.45) is 11.8 Å². The van der Waals surface area contributed by atoms with Gasteiger partial charge in [0.2, 0.25) is 11.8 Å². The molecule has 4 rings (SSSR count). The lowest BCUT2D eigenvalue weighted by atomic mass is 9.92. The Labute approximate surface area is 175 Å². The number of aromatic nitrogens is 4. The summed E-state index contributed by atoms with van der Waals surface area (Å²) < 4.78 is 13.0. The third kappa shape index (κ3) is 4.75. The number of methoxy groups -OCH3 is 1. The fraction of sp³-hybridized carbons (Fsp3) is 0.476. The number of piperidine rings is 1. The SMILES string of the molecule is COc1cc(CSc2nnc(N3C[C@H](C)C[C@H](C)C3)n2Cc2ccco2)ccn1. The van der Waals surface area contributed by atoms with Crippen LogP contribution in [0.5, 0.6) is 5.88 Å². The van der Waals surface area contributed by atoms with E-state index in [0.717, 1.165) is 41.3 Å². The summed E-state index contributed by atoms with van der Waals surface area (Å²) in [5, 5.41) is 9.99. The molecular weight excluding hydrogens is 386 g/mol. The van der Waals surface area contributed by atoms with Crippen LogP contribution in [0.25, 0.3) is 0 Å². The zero-order valence-corrected chi connectivity index (χ0v) is 17.9. The van der Waals surface area contributed by atoms with E-state index in [1.165, 1.54) is 6.42 Å². The summed E-state index contributed by atoms with van der Waals surface area (Å²) >= 11 is 1.67. The molecule has 7 nitrogen and oxygen atoms in total. The van der Waals surface area contributed by atoms with Crippen molar-refractivity contribution in [1.82, 2.24) is 19.7 Å². The van der Waals surface area contributed by atoms with Crippen molar-refractivity contribution in [3.8, 4) is 5.88 Å². The van der Waals surface area contributed by atoms with Crippen LogP contribution in [0.4, 0.5) is 5.95 Å². The summed E-state index contributed by atoms with van der Waals surface area (Å²) in [5.74, 6) is 4.51. The van der Waals surface area contributed by atoms with Crippen LogP contribution < -0.4 is 9.64 Å². The number of hydrogen-bond donors (Lipinski definition) is 0. The van der Waals surface area contributed by atoms with E-state index in [-0.39, 0.29) is 0 Å². The summed E-state index contributed by atoms with van der Waals surface area (Å²) in [6.45, 7) is 7.25. The molecule has 0 bridgehead atoms. The van der Waals surface area contributed by atoms with Gasteiger partial charge in [-0.3, -0.25) is 4.57 Å². The van der Waals surface area contributed by atoms with Gasteiger partial charge in [0.1, 0.15) is 5.76 Å². The van der Waals surface area contributed by atoms with E-state index >= 15 is 0 Å². The summed E-state index contributed by atoms with van der Waals surface area (Å²) in [6, 6.07) is 7.86. The molecule has 29 heavy (non-hydrogen) atoms. The van der Waals surface area contributed by atoms with Crippen LogP contribution in [-0.4, -0.2) is 39.9 Å². The van der Waals surface area contributed by atoms with Crippen molar-refractivity contribution < 1.29 is 9.15 Å². The van der Waals surface area contributed by atoms with Gasteiger partial charge >= 0.3 is 0 Å². The minimum absolute atomic E-state index is 0.622. The van der Waals surface area contributed by atoms with Gasteiger partial charge in [-0.05, 0) is 42.0 Å². The fourth-order valence-corrected chi connectivity index (χ4v) is 4.82. The molecule has 1 fully saturated rings. The first-order valence-electron chi connectivity index (χ1n) is 9.94. The van der Waals surface area contributed by atoms with Gasteiger partial charge < -0.3 is 14.1 Å². The Morgan fingerprint density at radius 2 is 2.03 bits per heavy atom.